The van der Waals surface area contributed by atoms with E-state index >= 15 is 0 Å². The topological polar surface area (TPSA) is 96.9 Å². The average Bonchev–Trinajstić information content (AvgIpc) is 3.25. The van der Waals surface area contributed by atoms with Gasteiger partial charge in [-0.25, -0.2) is 4.98 Å². The van der Waals surface area contributed by atoms with Crippen LogP contribution in [0.15, 0.2) is 54.7 Å². The minimum atomic E-state index is -0.467. The van der Waals surface area contributed by atoms with E-state index in [9.17, 15) is 9.59 Å². The Labute approximate surface area is 216 Å². The van der Waals surface area contributed by atoms with Crippen molar-refractivity contribution in [3.8, 4) is 11.6 Å². The Bertz CT molecular complexity index is 1260. The van der Waals surface area contributed by atoms with E-state index < -0.39 is 5.91 Å². The quantitative estimate of drug-likeness (QED) is 0.494. The molecule has 0 spiro atoms. The molecular weight excluding hydrogens is 470 g/mol. The van der Waals surface area contributed by atoms with Crippen molar-refractivity contribution in [2.24, 2.45) is 0 Å². The maximum atomic E-state index is 13.3. The van der Waals surface area contributed by atoms with Gasteiger partial charge in [-0.05, 0) is 55.5 Å². The number of nitrogens with one attached hydrogen (secondary N) is 1. The molecular formula is C28H31N5O4. The zero-order valence-corrected chi connectivity index (χ0v) is 21.0. The molecule has 0 saturated carbocycles. The number of benzene rings is 2. The lowest BCUT2D eigenvalue weighted by Gasteiger charge is -2.22. The molecule has 0 atom stereocenters. The van der Waals surface area contributed by atoms with Crippen molar-refractivity contribution in [1.29, 1.82) is 0 Å². The smallest absolute Gasteiger partial charge is 0.276 e. The highest BCUT2D eigenvalue weighted by molar-refractivity contribution is 5.97. The van der Waals surface area contributed by atoms with Crippen LogP contribution in [0.5, 0.6) is 11.6 Å². The lowest BCUT2D eigenvalue weighted by molar-refractivity contribution is -0.133. The minimum absolute atomic E-state index is 0.0890. The summed E-state index contributed by atoms with van der Waals surface area (Å²) in [4.78, 5) is 36.9. The van der Waals surface area contributed by atoms with Crippen LogP contribution in [-0.4, -0.2) is 46.5 Å². The Morgan fingerprint density at radius 2 is 1.84 bits per heavy atom. The SMILES string of the molecule is CCOc1ccc(COc2nc(N3CCc4ccccc43)ncc2C(=O)NN2CCCCCC2=O)cc1. The molecule has 0 radical (unpaired) electrons. The summed E-state index contributed by atoms with van der Waals surface area (Å²) in [7, 11) is 0. The number of nitrogens with zero attached hydrogens (tertiary/aromatic N) is 4. The molecule has 37 heavy (non-hydrogen) atoms. The van der Waals surface area contributed by atoms with Gasteiger partial charge in [-0.1, -0.05) is 36.8 Å². The van der Waals surface area contributed by atoms with Crippen LogP contribution in [0.25, 0.3) is 0 Å². The van der Waals surface area contributed by atoms with Gasteiger partial charge in [0.05, 0.1) is 6.61 Å². The van der Waals surface area contributed by atoms with Gasteiger partial charge >= 0.3 is 0 Å². The van der Waals surface area contributed by atoms with Crippen molar-refractivity contribution in [1.82, 2.24) is 20.4 Å². The first-order valence-electron chi connectivity index (χ1n) is 12.8. The average molecular weight is 502 g/mol. The third kappa shape index (κ3) is 5.66. The number of aromatic nitrogens is 2. The number of rotatable bonds is 8. The summed E-state index contributed by atoms with van der Waals surface area (Å²) >= 11 is 0. The molecule has 1 fully saturated rings. The number of ether oxygens (including phenoxy) is 2. The van der Waals surface area contributed by atoms with Gasteiger partial charge in [0.1, 0.15) is 17.9 Å². The maximum Gasteiger partial charge on any atom is 0.276 e. The first kappa shape index (κ1) is 24.5. The summed E-state index contributed by atoms with van der Waals surface area (Å²) in [5, 5.41) is 1.40. The minimum Gasteiger partial charge on any atom is -0.494 e. The fourth-order valence-corrected chi connectivity index (χ4v) is 4.58. The van der Waals surface area contributed by atoms with E-state index in [1.54, 1.807) is 0 Å². The fraction of sp³-hybridized carbons (Fsp3) is 0.357. The van der Waals surface area contributed by atoms with Crippen LogP contribution in [-0.2, 0) is 17.8 Å². The molecule has 5 rings (SSSR count). The maximum absolute atomic E-state index is 13.3. The van der Waals surface area contributed by atoms with Gasteiger partial charge in [0.25, 0.3) is 5.91 Å². The van der Waals surface area contributed by atoms with E-state index in [0.29, 0.717) is 25.5 Å². The Kier molecular flexibility index (Phi) is 7.49. The van der Waals surface area contributed by atoms with Crippen molar-refractivity contribution in [3.63, 3.8) is 0 Å². The molecule has 192 valence electrons. The standard InChI is InChI=1S/C28H31N5O4/c1-2-36-22-13-11-20(12-14-22)19-37-27-23(26(35)31-33-16-7-3-4-10-25(33)34)18-29-28(30-27)32-17-15-21-8-5-6-9-24(21)32/h5-6,8-9,11-14,18H,2-4,7,10,15-17,19H2,1H3,(H,31,35). The molecule has 3 heterocycles. The van der Waals surface area contributed by atoms with Crippen LogP contribution in [0.1, 0.15) is 54.1 Å². The summed E-state index contributed by atoms with van der Waals surface area (Å²) in [5.74, 6) is 0.863. The number of hydrogen-bond donors (Lipinski definition) is 1. The molecule has 0 aliphatic carbocycles. The lowest BCUT2D eigenvalue weighted by atomic mass is 10.2. The van der Waals surface area contributed by atoms with Crippen LogP contribution in [0.3, 0.4) is 0 Å². The molecule has 2 aromatic carbocycles. The van der Waals surface area contributed by atoms with Crippen LogP contribution < -0.4 is 19.8 Å². The number of para-hydroxylation sites is 1. The van der Waals surface area contributed by atoms with Gasteiger partial charge in [-0.3, -0.25) is 20.0 Å². The Balaban J connectivity index is 1.40. The van der Waals surface area contributed by atoms with E-state index in [1.165, 1.54) is 16.8 Å². The number of hydrogen-bond acceptors (Lipinski definition) is 7. The van der Waals surface area contributed by atoms with Crippen molar-refractivity contribution in [2.45, 2.75) is 45.6 Å². The number of hydrazine groups is 1. The van der Waals surface area contributed by atoms with Gasteiger partial charge in [0, 0.05) is 31.4 Å². The summed E-state index contributed by atoms with van der Waals surface area (Å²) in [5.41, 5.74) is 6.11. The monoisotopic (exact) mass is 501 g/mol. The molecule has 2 aliphatic rings. The molecule has 0 bridgehead atoms. The number of carbonyl (C=O) groups excluding carboxylic acids is 2. The summed E-state index contributed by atoms with van der Waals surface area (Å²) in [6, 6.07) is 15.7. The second-order valence-electron chi connectivity index (χ2n) is 9.08. The highest BCUT2D eigenvalue weighted by Gasteiger charge is 2.26. The normalized spacial score (nSPS) is 15.2. The molecule has 3 aromatic rings. The molecule has 0 unspecified atom stereocenters. The molecule has 2 amide bonds. The molecule has 1 aromatic heterocycles. The number of fused-ring (bicyclic) bond motifs is 1. The molecule has 2 aliphatic heterocycles. The first-order chi connectivity index (χ1) is 18.1. The van der Waals surface area contributed by atoms with Gasteiger partial charge in [-0.15, -0.1) is 0 Å². The van der Waals surface area contributed by atoms with Crippen LogP contribution in [0, 0.1) is 0 Å². The van der Waals surface area contributed by atoms with Crippen LogP contribution in [0.2, 0.25) is 0 Å². The van der Waals surface area contributed by atoms with Crippen molar-refractivity contribution in [2.75, 3.05) is 24.6 Å². The largest absolute Gasteiger partial charge is 0.494 e. The summed E-state index contributed by atoms with van der Waals surface area (Å²) in [6.07, 6.45) is 5.43. The fourth-order valence-electron chi connectivity index (χ4n) is 4.58. The van der Waals surface area contributed by atoms with Gasteiger partial charge in [0.15, 0.2) is 0 Å². The van der Waals surface area contributed by atoms with E-state index in [0.717, 1.165) is 49.2 Å². The third-order valence-electron chi connectivity index (χ3n) is 6.53. The third-order valence-corrected chi connectivity index (χ3v) is 6.53. The summed E-state index contributed by atoms with van der Waals surface area (Å²) in [6.45, 7) is 3.97. The van der Waals surface area contributed by atoms with Crippen molar-refractivity contribution >= 4 is 23.5 Å². The molecule has 9 heteroatoms. The Morgan fingerprint density at radius 1 is 1.00 bits per heavy atom. The zero-order valence-electron chi connectivity index (χ0n) is 21.0. The lowest BCUT2D eigenvalue weighted by Crippen LogP contribution is -2.46. The Hall–Kier alpha value is -4.14. The number of amides is 2. The second-order valence-corrected chi connectivity index (χ2v) is 9.08. The Morgan fingerprint density at radius 3 is 2.68 bits per heavy atom. The number of anilines is 2. The highest BCUT2D eigenvalue weighted by atomic mass is 16.5. The van der Waals surface area contributed by atoms with Crippen molar-refractivity contribution in [3.05, 3.63) is 71.4 Å². The zero-order chi connectivity index (χ0) is 25.6. The predicted molar refractivity (Wildman–Crippen MR) is 139 cm³/mol. The molecule has 1 saturated heterocycles. The highest BCUT2D eigenvalue weighted by Crippen LogP contribution is 2.33. The number of carbonyl (C=O) groups is 2. The van der Waals surface area contributed by atoms with Gasteiger partial charge in [0.2, 0.25) is 17.7 Å². The van der Waals surface area contributed by atoms with Gasteiger partial charge in [-0.2, -0.15) is 4.98 Å². The summed E-state index contributed by atoms with van der Waals surface area (Å²) < 4.78 is 11.6. The first-order valence-corrected chi connectivity index (χ1v) is 12.8. The van der Waals surface area contributed by atoms with E-state index in [-0.39, 0.29) is 24.0 Å². The van der Waals surface area contributed by atoms with Gasteiger partial charge < -0.3 is 14.4 Å². The van der Waals surface area contributed by atoms with E-state index in [2.05, 4.69) is 21.5 Å². The molecule has 9 nitrogen and oxygen atoms in total. The predicted octanol–water partition coefficient (Wildman–Crippen LogP) is 4.20. The van der Waals surface area contributed by atoms with E-state index in [4.69, 9.17) is 9.47 Å². The molecule has 1 N–H and O–H groups in total. The second kappa shape index (κ2) is 11.3. The van der Waals surface area contributed by atoms with Crippen LogP contribution >= 0.6 is 0 Å². The van der Waals surface area contributed by atoms with Crippen molar-refractivity contribution < 1.29 is 19.1 Å². The van der Waals surface area contributed by atoms with E-state index in [1.807, 2.05) is 54.3 Å². The van der Waals surface area contributed by atoms with Crippen LogP contribution in [0.4, 0.5) is 11.6 Å².